The molecule has 2 fully saturated rings. The van der Waals surface area contributed by atoms with E-state index in [4.69, 9.17) is 0 Å². The van der Waals surface area contributed by atoms with E-state index in [0.29, 0.717) is 32.1 Å². The highest BCUT2D eigenvalue weighted by Crippen LogP contribution is 2.42. The van der Waals surface area contributed by atoms with E-state index >= 15 is 0 Å². The molecule has 2 aromatic rings. The molecule has 0 amide bonds. The Bertz CT molecular complexity index is 852. The van der Waals surface area contributed by atoms with Crippen molar-refractivity contribution in [1.82, 2.24) is 14.5 Å². The van der Waals surface area contributed by atoms with Gasteiger partial charge in [-0.1, -0.05) is 41.7 Å². The molecule has 0 unspecified atom stereocenters. The average Bonchev–Trinajstić information content (AvgIpc) is 3.38. The van der Waals surface area contributed by atoms with Crippen molar-refractivity contribution in [3.63, 3.8) is 0 Å². The van der Waals surface area contributed by atoms with Gasteiger partial charge in [0, 0.05) is 37.5 Å². The Morgan fingerprint density at radius 3 is 2.44 bits per heavy atom. The molecule has 1 aliphatic carbocycles. The number of sulfonamides is 1. The summed E-state index contributed by atoms with van der Waals surface area (Å²) in [5, 5.41) is 11.9. The van der Waals surface area contributed by atoms with Gasteiger partial charge < -0.3 is 4.90 Å². The standard InChI is InChI=1S/C17H20N4O2S2/c22-25(23,13-8-14-4-2-1-3-5-14)21-11-9-20(10-12-21)17-19-18-16(24-17)15-6-7-15/h1-5,8,13,15H,6-7,9-12H2/b13-8+. The second-order valence-electron chi connectivity index (χ2n) is 6.34. The van der Waals surface area contributed by atoms with Gasteiger partial charge in [-0.15, -0.1) is 10.2 Å². The summed E-state index contributed by atoms with van der Waals surface area (Å²) in [6, 6.07) is 9.47. The minimum atomic E-state index is -3.39. The summed E-state index contributed by atoms with van der Waals surface area (Å²) in [4.78, 5) is 2.14. The zero-order valence-corrected chi connectivity index (χ0v) is 15.4. The first kappa shape index (κ1) is 16.7. The molecule has 0 bridgehead atoms. The van der Waals surface area contributed by atoms with Gasteiger partial charge in [0.15, 0.2) is 0 Å². The van der Waals surface area contributed by atoms with Crippen molar-refractivity contribution in [2.45, 2.75) is 18.8 Å². The summed E-state index contributed by atoms with van der Waals surface area (Å²) in [5.74, 6) is 0.607. The monoisotopic (exact) mass is 376 g/mol. The fraction of sp³-hybridized carbons (Fsp3) is 0.412. The predicted octanol–water partition coefficient (Wildman–Crippen LogP) is 2.54. The molecular formula is C17H20N4O2S2. The molecule has 25 heavy (non-hydrogen) atoms. The number of hydrogen-bond donors (Lipinski definition) is 0. The molecule has 8 heteroatoms. The lowest BCUT2D eigenvalue weighted by Gasteiger charge is -2.32. The molecule has 4 rings (SSSR count). The molecule has 0 atom stereocenters. The van der Waals surface area contributed by atoms with E-state index in [-0.39, 0.29) is 0 Å². The highest BCUT2D eigenvalue weighted by Gasteiger charge is 2.30. The maximum atomic E-state index is 12.5. The van der Waals surface area contributed by atoms with E-state index in [1.165, 1.54) is 22.6 Å². The fourth-order valence-corrected chi connectivity index (χ4v) is 5.04. The van der Waals surface area contributed by atoms with Crippen molar-refractivity contribution in [3.8, 4) is 0 Å². The highest BCUT2D eigenvalue weighted by molar-refractivity contribution is 7.92. The maximum Gasteiger partial charge on any atom is 0.236 e. The van der Waals surface area contributed by atoms with E-state index in [1.54, 1.807) is 17.4 Å². The number of piperazine rings is 1. The third-order valence-corrected chi connectivity index (χ3v) is 7.17. The first-order valence-corrected chi connectivity index (χ1v) is 10.8. The molecule has 0 radical (unpaired) electrons. The van der Waals surface area contributed by atoms with Gasteiger partial charge in [-0.2, -0.15) is 4.31 Å². The van der Waals surface area contributed by atoms with Gasteiger partial charge in [0.05, 0.1) is 0 Å². The molecule has 1 saturated heterocycles. The number of benzene rings is 1. The van der Waals surface area contributed by atoms with E-state index in [9.17, 15) is 8.42 Å². The topological polar surface area (TPSA) is 66.4 Å². The van der Waals surface area contributed by atoms with Crippen LogP contribution in [-0.4, -0.2) is 49.1 Å². The molecule has 0 N–H and O–H groups in total. The Morgan fingerprint density at radius 2 is 1.76 bits per heavy atom. The van der Waals surface area contributed by atoms with Gasteiger partial charge in [-0.05, 0) is 24.5 Å². The molecule has 1 aliphatic heterocycles. The Hall–Kier alpha value is -1.77. The summed E-state index contributed by atoms with van der Waals surface area (Å²) >= 11 is 1.65. The minimum absolute atomic E-state index is 0.472. The number of rotatable bonds is 5. The van der Waals surface area contributed by atoms with Crippen LogP contribution in [0.1, 0.15) is 29.3 Å². The van der Waals surface area contributed by atoms with Crippen LogP contribution in [0.5, 0.6) is 0 Å². The molecule has 0 spiro atoms. The van der Waals surface area contributed by atoms with Gasteiger partial charge >= 0.3 is 0 Å². The summed E-state index contributed by atoms with van der Waals surface area (Å²) in [6.45, 7) is 2.25. The van der Waals surface area contributed by atoms with E-state index < -0.39 is 10.0 Å². The van der Waals surface area contributed by atoms with Crippen LogP contribution in [-0.2, 0) is 10.0 Å². The molecule has 1 aromatic carbocycles. The molecule has 2 heterocycles. The summed E-state index contributed by atoms with van der Waals surface area (Å²) < 4.78 is 26.5. The van der Waals surface area contributed by atoms with Crippen molar-refractivity contribution < 1.29 is 8.42 Å². The fourth-order valence-electron chi connectivity index (χ4n) is 2.80. The highest BCUT2D eigenvalue weighted by atomic mass is 32.2. The minimum Gasteiger partial charge on any atom is -0.344 e. The van der Waals surface area contributed by atoms with Crippen LogP contribution in [0, 0.1) is 0 Å². The van der Waals surface area contributed by atoms with Crippen LogP contribution in [0.4, 0.5) is 5.13 Å². The first-order chi connectivity index (χ1) is 12.1. The molecule has 2 aliphatic rings. The van der Waals surface area contributed by atoms with Crippen molar-refractivity contribution in [2.75, 3.05) is 31.1 Å². The lowest BCUT2D eigenvalue weighted by Crippen LogP contribution is -2.48. The van der Waals surface area contributed by atoms with Crippen LogP contribution in [0.3, 0.4) is 0 Å². The number of anilines is 1. The summed E-state index contributed by atoms with van der Waals surface area (Å²) in [7, 11) is -3.39. The molecule has 1 aromatic heterocycles. The number of hydrogen-bond acceptors (Lipinski definition) is 6. The Morgan fingerprint density at radius 1 is 1.04 bits per heavy atom. The largest absolute Gasteiger partial charge is 0.344 e. The second-order valence-corrected chi connectivity index (χ2v) is 9.15. The Balaban J connectivity index is 1.37. The van der Waals surface area contributed by atoms with Gasteiger partial charge in [-0.3, -0.25) is 0 Å². The number of aromatic nitrogens is 2. The summed E-state index contributed by atoms with van der Waals surface area (Å²) in [5.41, 5.74) is 0.881. The van der Waals surface area contributed by atoms with E-state index in [2.05, 4.69) is 15.1 Å². The molecule has 132 valence electrons. The van der Waals surface area contributed by atoms with Crippen LogP contribution in [0.2, 0.25) is 0 Å². The van der Waals surface area contributed by atoms with Gasteiger partial charge in [0.2, 0.25) is 15.2 Å². The second kappa shape index (κ2) is 6.86. The van der Waals surface area contributed by atoms with Crippen LogP contribution >= 0.6 is 11.3 Å². The normalized spacial score (nSPS) is 19.6. The SMILES string of the molecule is O=S(=O)(/C=C/c1ccccc1)N1CCN(c2nnc(C3CC3)s2)CC1. The average molecular weight is 377 g/mol. The molecular weight excluding hydrogens is 356 g/mol. The van der Waals surface area contributed by atoms with Crippen molar-refractivity contribution >= 4 is 32.6 Å². The number of nitrogens with zero attached hydrogens (tertiary/aromatic N) is 4. The van der Waals surface area contributed by atoms with Crippen LogP contribution in [0.15, 0.2) is 35.7 Å². The predicted molar refractivity (Wildman–Crippen MR) is 100 cm³/mol. The van der Waals surface area contributed by atoms with Crippen molar-refractivity contribution in [2.24, 2.45) is 0 Å². The van der Waals surface area contributed by atoms with Gasteiger partial charge in [0.25, 0.3) is 0 Å². The molecule has 1 saturated carbocycles. The summed E-state index contributed by atoms with van der Waals surface area (Å²) in [6.07, 6.45) is 4.08. The van der Waals surface area contributed by atoms with Crippen molar-refractivity contribution in [1.29, 1.82) is 0 Å². The lowest BCUT2D eigenvalue weighted by atomic mass is 10.2. The van der Waals surface area contributed by atoms with Gasteiger partial charge in [0.1, 0.15) is 5.01 Å². The van der Waals surface area contributed by atoms with Crippen molar-refractivity contribution in [3.05, 3.63) is 46.3 Å². The van der Waals surface area contributed by atoms with Crippen LogP contribution in [0.25, 0.3) is 6.08 Å². The zero-order chi connectivity index (χ0) is 17.3. The van der Waals surface area contributed by atoms with E-state index in [1.807, 2.05) is 30.3 Å². The third-order valence-electron chi connectivity index (χ3n) is 4.46. The van der Waals surface area contributed by atoms with E-state index in [0.717, 1.165) is 15.7 Å². The smallest absolute Gasteiger partial charge is 0.236 e. The Labute approximate surface area is 151 Å². The zero-order valence-electron chi connectivity index (χ0n) is 13.8. The Kier molecular flexibility index (Phi) is 4.58. The quantitative estimate of drug-likeness (QED) is 0.802. The van der Waals surface area contributed by atoms with Gasteiger partial charge in [-0.25, -0.2) is 8.42 Å². The van der Waals surface area contributed by atoms with Crippen LogP contribution < -0.4 is 4.90 Å². The maximum absolute atomic E-state index is 12.5. The molecule has 6 nitrogen and oxygen atoms in total. The third kappa shape index (κ3) is 3.91. The first-order valence-electron chi connectivity index (χ1n) is 8.43. The lowest BCUT2D eigenvalue weighted by molar-refractivity contribution is 0.389.